The average molecular weight is 343 g/mol. The molecule has 2 aliphatic carbocycles. The standard InChI is InChI=1S/C19H25N3O3/c1-13-5-7-15(8-6-13)21-17(23)11-20-18(24)12-22(16-9-10-16)19(25)14-3-2-4-14/h5-8,14,16H,2-4,9-12H2,1H3,(H,20,24)(H,21,23). The SMILES string of the molecule is Cc1ccc(NC(=O)CNC(=O)CN(C(=O)C2CCC2)C2CC2)cc1. The summed E-state index contributed by atoms with van der Waals surface area (Å²) in [5, 5.41) is 5.35. The molecule has 0 unspecified atom stereocenters. The summed E-state index contributed by atoms with van der Waals surface area (Å²) >= 11 is 0. The zero-order valence-corrected chi connectivity index (χ0v) is 14.6. The molecule has 2 saturated carbocycles. The molecule has 0 bridgehead atoms. The summed E-state index contributed by atoms with van der Waals surface area (Å²) in [6.07, 6.45) is 4.91. The number of hydrogen-bond acceptors (Lipinski definition) is 3. The average Bonchev–Trinajstić information content (AvgIpc) is 3.36. The third-order valence-electron chi connectivity index (χ3n) is 4.82. The summed E-state index contributed by atoms with van der Waals surface area (Å²) in [4.78, 5) is 38.2. The lowest BCUT2D eigenvalue weighted by atomic mass is 9.84. The van der Waals surface area contributed by atoms with E-state index in [1.807, 2.05) is 31.2 Å². The van der Waals surface area contributed by atoms with Crippen LogP contribution in [0.3, 0.4) is 0 Å². The van der Waals surface area contributed by atoms with Crippen molar-refractivity contribution in [2.45, 2.75) is 45.1 Å². The van der Waals surface area contributed by atoms with Crippen LogP contribution in [0.25, 0.3) is 0 Å². The van der Waals surface area contributed by atoms with Crippen molar-refractivity contribution in [2.24, 2.45) is 5.92 Å². The maximum Gasteiger partial charge on any atom is 0.243 e. The molecule has 25 heavy (non-hydrogen) atoms. The van der Waals surface area contributed by atoms with Gasteiger partial charge in [-0.25, -0.2) is 0 Å². The van der Waals surface area contributed by atoms with Gasteiger partial charge in [0.25, 0.3) is 0 Å². The zero-order valence-electron chi connectivity index (χ0n) is 14.6. The molecule has 2 fully saturated rings. The molecule has 3 rings (SSSR count). The first-order valence-electron chi connectivity index (χ1n) is 8.96. The summed E-state index contributed by atoms with van der Waals surface area (Å²) in [6, 6.07) is 7.67. The Bertz CT molecular complexity index is 648. The molecule has 0 radical (unpaired) electrons. The molecule has 0 aliphatic heterocycles. The molecule has 0 saturated heterocycles. The molecular weight excluding hydrogens is 318 g/mol. The van der Waals surface area contributed by atoms with E-state index in [2.05, 4.69) is 10.6 Å². The monoisotopic (exact) mass is 343 g/mol. The van der Waals surface area contributed by atoms with Crippen molar-refractivity contribution < 1.29 is 14.4 Å². The number of aryl methyl sites for hydroxylation is 1. The van der Waals surface area contributed by atoms with Crippen LogP contribution in [0.5, 0.6) is 0 Å². The Morgan fingerprint density at radius 3 is 2.28 bits per heavy atom. The van der Waals surface area contributed by atoms with E-state index in [-0.39, 0.29) is 42.8 Å². The zero-order chi connectivity index (χ0) is 17.8. The van der Waals surface area contributed by atoms with E-state index in [0.29, 0.717) is 5.69 Å². The van der Waals surface area contributed by atoms with Crippen molar-refractivity contribution in [3.63, 3.8) is 0 Å². The molecular formula is C19H25N3O3. The molecule has 1 aromatic rings. The Labute approximate surface area is 148 Å². The number of carbonyl (C=O) groups excluding carboxylic acids is 3. The van der Waals surface area contributed by atoms with Crippen LogP contribution in [-0.4, -0.2) is 41.8 Å². The van der Waals surface area contributed by atoms with E-state index >= 15 is 0 Å². The minimum Gasteiger partial charge on any atom is -0.345 e. The van der Waals surface area contributed by atoms with Gasteiger partial charge in [-0.15, -0.1) is 0 Å². The highest BCUT2D eigenvalue weighted by Crippen LogP contribution is 2.33. The first-order valence-corrected chi connectivity index (χ1v) is 8.96. The van der Waals surface area contributed by atoms with Gasteiger partial charge in [-0.3, -0.25) is 14.4 Å². The summed E-state index contributed by atoms with van der Waals surface area (Å²) in [5.41, 5.74) is 1.81. The fourth-order valence-corrected chi connectivity index (χ4v) is 2.89. The van der Waals surface area contributed by atoms with E-state index in [9.17, 15) is 14.4 Å². The van der Waals surface area contributed by atoms with Crippen LogP contribution in [0.2, 0.25) is 0 Å². The van der Waals surface area contributed by atoms with Crippen LogP contribution in [0.4, 0.5) is 5.69 Å². The minimum absolute atomic E-state index is 0.0534. The summed E-state index contributed by atoms with van der Waals surface area (Å²) in [7, 11) is 0. The van der Waals surface area contributed by atoms with Crippen molar-refractivity contribution in [3.8, 4) is 0 Å². The Morgan fingerprint density at radius 2 is 1.72 bits per heavy atom. The lowest BCUT2D eigenvalue weighted by molar-refractivity contribution is -0.142. The lowest BCUT2D eigenvalue weighted by Crippen LogP contribution is -2.46. The van der Waals surface area contributed by atoms with Crippen LogP contribution in [-0.2, 0) is 14.4 Å². The fraction of sp³-hybridized carbons (Fsp3) is 0.526. The number of nitrogens with one attached hydrogen (secondary N) is 2. The normalized spacial score (nSPS) is 16.7. The Hall–Kier alpha value is -2.37. The Balaban J connectivity index is 1.44. The predicted octanol–water partition coefficient (Wildman–Crippen LogP) is 1.84. The second kappa shape index (κ2) is 7.68. The van der Waals surface area contributed by atoms with Gasteiger partial charge in [0.15, 0.2) is 0 Å². The molecule has 134 valence electrons. The molecule has 6 heteroatoms. The summed E-state index contributed by atoms with van der Waals surface area (Å²) < 4.78 is 0. The third kappa shape index (κ3) is 4.81. The van der Waals surface area contributed by atoms with Gasteiger partial charge < -0.3 is 15.5 Å². The van der Waals surface area contributed by atoms with Gasteiger partial charge in [0.05, 0.1) is 13.1 Å². The van der Waals surface area contributed by atoms with E-state index < -0.39 is 0 Å². The number of hydrogen-bond donors (Lipinski definition) is 2. The molecule has 3 amide bonds. The van der Waals surface area contributed by atoms with Gasteiger partial charge in [0, 0.05) is 17.6 Å². The van der Waals surface area contributed by atoms with Crippen LogP contribution < -0.4 is 10.6 Å². The Kier molecular flexibility index (Phi) is 5.36. The van der Waals surface area contributed by atoms with E-state index in [1.54, 1.807) is 4.90 Å². The number of nitrogens with zero attached hydrogens (tertiary/aromatic N) is 1. The second-order valence-corrected chi connectivity index (χ2v) is 7.02. The van der Waals surface area contributed by atoms with Crippen molar-refractivity contribution in [1.82, 2.24) is 10.2 Å². The van der Waals surface area contributed by atoms with Crippen LogP contribution >= 0.6 is 0 Å². The fourth-order valence-electron chi connectivity index (χ4n) is 2.89. The van der Waals surface area contributed by atoms with Gasteiger partial charge in [0.2, 0.25) is 17.7 Å². The highest BCUT2D eigenvalue weighted by Gasteiger charge is 2.38. The quantitative estimate of drug-likeness (QED) is 0.793. The van der Waals surface area contributed by atoms with E-state index in [0.717, 1.165) is 37.7 Å². The van der Waals surface area contributed by atoms with Crippen molar-refractivity contribution in [2.75, 3.05) is 18.4 Å². The van der Waals surface area contributed by atoms with E-state index in [1.165, 1.54) is 0 Å². The minimum atomic E-state index is -0.279. The van der Waals surface area contributed by atoms with Crippen molar-refractivity contribution in [1.29, 1.82) is 0 Å². The first kappa shape index (κ1) is 17.5. The predicted molar refractivity (Wildman–Crippen MR) is 94.9 cm³/mol. The first-order chi connectivity index (χ1) is 12.0. The van der Waals surface area contributed by atoms with Crippen molar-refractivity contribution >= 4 is 23.4 Å². The molecule has 1 aromatic carbocycles. The topological polar surface area (TPSA) is 78.5 Å². The molecule has 6 nitrogen and oxygen atoms in total. The van der Waals surface area contributed by atoms with Crippen LogP contribution in [0, 0.1) is 12.8 Å². The Morgan fingerprint density at radius 1 is 1.04 bits per heavy atom. The highest BCUT2D eigenvalue weighted by molar-refractivity contribution is 5.95. The molecule has 2 aliphatic rings. The largest absolute Gasteiger partial charge is 0.345 e. The van der Waals surface area contributed by atoms with Crippen LogP contribution in [0.15, 0.2) is 24.3 Å². The summed E-state index contributed by atoms with van der Waals surface area (Å²) in [6.45, 7) is 1.93. The smallest absolute Gasteiger partial charge is 0.243 e. The molecule has 2 N–H and O–H groups in total. The van der Waals surface area contributed by atoms with Gasteiger partial charge in [-0.05, 0) is 44.7 Å². The molecule has 0 heterocycles. The van der Waals surface area contributed by atoms with E-state index in [4.69, 9.17) is 0 Å². The maximum atomic E-state index is 12.4. The number of anilines is 1. The maximum absolute atomic E-state index is 12.4. The van der Waals surface area contributed by atoms with Crippen LogP contribution in [0.1, 0.15) is 37.7 Å². The molecule has 0 spiro atoms. The number of amides is 3. The second-order valence-electron chi connectivity index (χ2n) is 7.02. The highest BCUT2D eigenvalue weighted by atomic mass is 16.2. The van der Waals surface area contributed by atoms with Crippen molar-refractivity contribution in [3.05, 3.63) is 29.8 Å². The lowest BCUT2D eigenvalue weighted by Gasteiger charge is -2.31. The molecule has 0 aromatic heterocycles. The molecule has 0 atom stereocenters. The third-order valence-corrected chi connectivity index (χ3v) is 4.82. The van der Waals surface area contributed by atoms with Gasteiger partial charge in [-0.2, -0.15) is 0 Å². The van der Waals surface area contributed by atoms with Gasteiger partial charge >= 0.3 is 0 Å². The number of carbonyl (C=O) groups is 3. The number of rotatable bonds is 7. The van der Waals surface area contributed by atoms with Gasteiger partial charge in [0.1, 0.15) is 0 Å². The number of benzene rings is 1. The van der Waals surface area contributed by atoms with Gasteiger partial charge in [-0.1, -0.05) is 24.1 Å². The summed E-state index contributed by atoms with van der Waals surface area (Å²) in [5.74, 6) is -0.356.